The molecule has 4 aromatic rings. The summed E-state index contributed by atoms with van der Waals surface area (Å²) in [5.74, 6) is 1.96. The van der Waals surface area contributed by atoms with Crippen LogP contribution >= 0.6 is 0 Å². The summed E-state index contributed by atoms with van der Waals surface area (Å²) in [6.45, 7) is 0. The quantitative estimate of drug-likeness (QED) is 0.472. The highest BCUT2D eigenvalue weighted by atomic mass is 16.5. The molecule has 0 aliphatic heterocycles. The smallest absolute Gasteiger partial charge is 0.192 e. The molecule has 1 heterocycles. The second kappa shape index (κ2) is 7.25. The molecule has 3 nitrogen and oxygen atoms in total. The van der Waals surface area contributed by atoms with Crippen LogP contribution in [0.3, 0.4) is 0 Å². The maximum absolute atomic E-state index is 12.7. The first-order chi connectivity index (χ1) is 14.2. The summed E-state index contributed by atoms with van der Waals surface area (Å²) < 4.78 is 11.6. The van der Waals surface area contributed by atoms with Crippen molar-refractivity contribution in [2.24, 2.45) is 0 Å². The van der Waals surface area contributed by atoms with Crippen molar-refractivity contribution in [3.05, 3.63) is 112 Å². The van der Waals surface area contributed by atoms with Gasteiger partial charge >= 0.3 is 0 Å². The third kappa shape index (κ3) is 3.23. The number of methoxy groups -OCH3 is 1. The number of ether oxygens (including phenoxy) is 1. The summed E-state index contributed by atoms with van der Waals surface area (Å²) in [4.78, 5) is 12.7. The summed E-state index contributed by atoms with van der Waals surface area (Å²) in [7, 11) is 1.68. The Kier molecular flexibility index (Phi) is 4.44. The Morgan fingerprint density at radius 1 is 0.828 bits per heavy atom. The number of hydrogen-bond donors (Lipinski definition) is 0. The summed E-state index contributed by atoms with van der Waals surface area (Å²) in [6.07, 6.45) is 1.78. The lowest BCUT2D eigenvalue weighted by molar-refractivity contribution is 0.404. The first kappa shape index (κ1) is 17.7. The first-order valence-corrected chi connectivity index (χ1v) is 9.96. The number of fused-ring (bicyclic) bond motifs is 2. The summed E-state index contributed by atoms with van der Waals surface area (Å²) in [6, 6.07) is 26.0. The van der Waals surface area contributed by atoms with Gasteiger partial charge in [0.05, 0.1) is 12.5 Å². The second-order valence-corrected chi connectivity index (χ2v) is 7.67. The molecule has 0 radical (unpaired) electrons. The van der Waals surface area contributed by atoms with Crippen molar-refractivity contribution >= 4 is 11.0 Å². The minimum atomic E-state index is 0.0224. The van der Waals surface area contributed by atoms with Gasteiger partial charge in [0.2, 0.25) is 0 Å². The molecule has 0 saturated carbocycles. The van der Waals surface area contributed by atoms with E-state index < -0.39 is 0 Å². The van der Waals surface area contributed by atoms with Gasteiger partial charge < -0.3 is 9.15 Å². The molecule has 5 rings (SSSR count). The van der Waals surface area contributed by atoms with Crippen LogP contribution in [0.2, 0.25) is 0 Å². The van der Waals surface area contributed by atoms with E-state index in [0.29, 0.717) is 11.0 Å². The van der Waals surface area contributed by atoms with Crippen LogP contribution in [0.5, 0.6) is 5.75 Å². The predicted molar refractivity (Wildman–Crippen MR) is 115 cm³/mol. The van der Waals surface area contributed by atoms with E-state index in [1.54, 1.807) is 13.2 Å². The van der Waals surface area contributed by atoms with E-state index in [9.17, 15) is 4.79 Å². The Bertz CT molecular complexity index is 1220. The average Bonchev–Trinajstić information content (AvgIpc) is 2.78. The highest BCUT2D eigenvalue weighted by Crippen LogP contribution is 2.43. The van der Waals surface area contributed by atoms with E-state index in [4.69, 9.17) is 9.15 Å². The third-order valence-electron chi connectivity index (χ3n) is 6.05. The van der Waals surface area contributed by atoms with Crippen LogP contribution in [0, 0.1) is 0 Å². The van der Waals surface area contributed by atoms with E-state index >= 15 is 0 Å². The molecule has 0 amide bonds. The van der Waals surface area contributed by atoms with Crippen LogP contribution in [-0.4, -0.2) is 7.11 Å². The highest BCUT2D eigenvalue weighted by Gasteiger charge is 2.33. The van der Waals surface area contributed by atoms with Gasteiger partial charge in [-0.15, -0.1) is 0 Å². The molecule has 0 bridgehead atoms. The van der Waals surface area contributed by atoms with Crippen molar-refractivity contribution in [2.75, 3.05) is 7.11 Å². The molecule has 0 spiro atoms. The lowest BCUT2D eigenvalue weighted by Crippen LogP contribution is -2.23. The predicted octanol–water partition coefficient (Wildman–Crippen LogP) is 5.47. The lowest BCUT2D eigenvalue weighted by atomic mass is 9.71. The minimum Gasteiger partial charge on any atom is -0.497 e. The molecule has 0 saturated heterocycles. The summed E-state index contributed by atoms with van der Waals surface area (Å²) in [5.41, 5.74) is 4.61. The lowest BCUT2D eigenvalue weighted by Gasteiger charge is -2.33. The highest BCUT2D eigenvalue weighted by molar-refractivity contribution is 5.76. The Hall–Kier alpha value is -3.33. The molecule has 3 aromatic carbocycles. The van der Waals surface area contributed by atoms with Gasteiger partial charge in [-0.05, 0) is 59.7 Å². The van der Waals surface area contributed by atoms with Gasteiger partial charge in [0.15, 0.2) is 5.43 Å². The van der Waals surface area contributed by atoms with Gasteiger partial charge in [-0.25, -0.2) is 0 Å². The Balaban J connectivity index is 1.64. The monoisotopic (exact) mass is 382 g/mol. The molecular formula is C26H22O3. The number of para-hydroxylation sites is 1. The van der Waals surface area contributed by atoms with Crippen molar-refractivity contribution in [3.63, 3.8) is 0 Å². The largest absolute Gasteiger partial charge is 0.497 e. The van der Waals surface area contributed by atoms with Crippen LogP contribution in [0.1, 0.15) is 34.3 Å². The Morgan fingerprint density at radius 3 is 2.21 bits per heavy atom. The van der Waals surface area contributed by atoms with Crippen molar-refractivity contribution in [3.8, 4) is 5.75 Å². The van der Waals surface area contributed by atoms with Crippen molar-refractivity contribution in [1.82, 2.24) is 0 Å². The molecule has 29 heavy (non-hydrogen) atoms. The van der Waals surface area contributed by atoms with Crippen LogP contribution in [0.4, 0.5) is 0 Å². The van der Waals surface area contributed by atoms with Gasteiger partial charge in [-0.1, -0.05) is 48.5 Å². The topological polar surface area (TPSA) is 39.4 Å². The molecule has 0 unspecified atom stereocenters. The number of hydrogen-bond acceptors (Lipinski definition) is 3. The molecule has 1 aromatic heterocycles. The summed E-state index contributed by atoms with van der Waals surface area (Å²) in [5, 5.41) is 0.633. The van der Waals surface area contributed by atoms with Gasteiger partial charge in [0.25, 0.3) is 0 Å². The Labute approximate surface area is 169 Å². The van der Waals surface area contributed by atoms with E-state index in [0.717, 1.165) is 24.4 Å². The molecule has 1 aliphatic rings. The molecule has 144 valence electrons. The summed E-state index contributed by atoms with van der Waals surface area (Å²) >= 11 is 0. The fraction of sp³-hybridized carbons (Fsp3) is 0.192. The fourth-order valence-electron chi connectivity index (χ4n) is 4.52. The SMILES string of the molecule is COc1ccc([C@H]2Cc3ccccc3C[C@@H]2c2cc(=O)c3ccccc3o2)cc1. The molecular weight excluding hydrogens is 360 g/mol. The number of rotatable bonds is 3. The van der Waals surface area contributed by atoms with Crippen molar-refractivity contribution in [1.29, 1.82) is 0 Å². The van der Waals surface area contributed by atoms with Gasteiger partial charge in [0.1, 0.15) is 17.1 Å². The molecule has 2 atom stereocenters. The van der Waals surface area contributed by atoms with Gasteiger partial charge in [0, 0.05) is 12.0 Å². The van der Waals surface area contributed by atoms with Crippen molar-refractivity contribution in [2.45, 2.75) is 24.7 Å². The van der Waals surface area contributed by atoms with E-state index in [1.807, 2.05) is 36.4 Å². The molecule has 0 fully saturated rings. The minimum absolute atomic E-state index is 0.0224. The molecule has 0 N–H and O–H groups in total. The second-order valence-electron chi connectivity index (χ2n) is 7.67. The number of benzene rings is 3. The van der Waals surface area contributed by atoms with Crippen LogP contribution in [0.15, 0.2) is 88.1 Å². The van der Waals surface area contributed by atoms with Crippen molar-refractivity contribution < 1.29 is 9.15 Å². The first-order valence-electron chi connectivity index (χ1n) is 9.96. The molecule has 3 heteroatoms. The average molecular weight is 382 g/mol. The normalized spacial score (nSPS) is 18.4. The van der Waals surface area contributed by atoms with E-state index in [-0.39, 0.29) is 17.3 Å². The van der Waals surface area contributed by atoms with E-state index in [1.165, 1.54) is 16.7 Å². The van der Waals surface area contributed by atoms with Crippen LogP contribution < -0.4 is 10.2 Å². The molecule has 1 aliphatic carbocycles. The third-order valence-corrected chi connectivity index (χ3v) is 6.05. The fourth-order valence-corrected chi connectivity index (χ4v) is 4.52. The zero-order valence-corrected chi connectivity index (χ0v) is 16.3. The zero-order valence-electron chi connectivity index (χ0n) is 16.3. The van der Waals surface area contributed by atoms with Gasteiger partial charge in [-0.2, -0.15) is 0 Å². The maximum atomic E-state index is 12.7. The van der Waals surface area contributed by atoms with Crippen LogP contribution in [0.25, 0.3) is 11.0 Å². The maximum Gasteiger partial charge on any atom is 0.192 e. The Morgan fingerprint density at radius 2 is 1.48 bits per heavy atom. The van der Waals surface area contributed by atoms with E-state index in [2.05, 4.69) is 36.4 Å². The van der Waals surface area contributed by atoms with Crippen LogP contribution in [-0.2, 0) is 12.8 Å². The van der Waals surface area contributed by atoms with Gasteiger partial charge in [-0.3, -0.25) is 4.79 Å². The zero-order chi connectivity index (χ0) is 19.8. The standard InChI is InChI=1S/C26H22O3/c1-28-20-12-10-17(11-13-20)22-14-18-6-2-3-7-19(18)15-23(22)26-16-24(27)21-8-4-5-9-25(21)29-26/h2-13,16,22-23H,14-15H2,1H3/t22-,23+/m1/s1.